The average molecular weight is 296 g/mol. The van der Waals surface area contributed by atoms with Crippen molar-refractivity contribution in [3.8, 4) is 5.75 Å². The first kappa shape index (κ1) is 14.9. The molecule has 2 atom stereocenters. The van der Waals surface area contributed by atoms with E-state index < -0.39 is 5.97 Å². The Morgan fingerprint density at radius 3 is 2.95 bits per heavy atom. The van der Waals surface area contributed by atoms with Crippen molar-refractivity contribution in [2.45, 2.75) is 19.3 Å². The number of rotatable bonds is 2. The molecule has 2 unspecified atom stereocenters. The van der Waals surface area contributed by atoms with Crippen molar-refractivity contribution in [2.75, 3.05) is 13.7 Å². The van der Waals surface area contributed by atoms with Gasteiger partial charge in [0.15, 0.2) is 0 Å². The summed E-state index contributed by atoms with van der Waals surface area (Å²) in [5.74, 6) is 0.117. The molecule has 0 fully saturated rings. The van der Waals surface area contributed by atoms with Gasteiger partial charge < -0.3 is 9.84 Å². The molecule has 0 saturated heterocycles. The van der Waals surface area contributed by atoms with Crippen molar-refractivity contribution in [3.05, 3.63) is 29.3 Å². The van der Waals surface area contributed by atoms with Crippen molar-refractivity contribution in [1.29, 1.82) is 0 Å². The van der Waals surface area contributed by atoms with E-state index in [9.17, 15) is 4.79 Å². The summed E-state index contributed by atoms with van der Waals surface area (Å²) in [7, 11) is 1.68. The van der Waals surface area contributed by atoms with Gasteiger partial charge in [0.25, 0.3) is 0 Å². The molecule has 3 rings (SSSR count). The largest absolute Gasteiger partial charge is 0.496 e. The maximum atomic E-state index is 11.1. The first-order chi connectivity index (χ1) is 9.19. The first-order valence-electron chi connectivity index (χ1n) is 6.59. The van der Waals surface area contributed by atoms with Gasteiger partial charge in [-0.3, -0.25) is 9.79 Å². The zero-order valence-corrected chi connectivity index (χ0v) is 12.2. The van der Waals surface area contributed by atoms with Crippen LogP contribution in [0.2, 0.25) is 0 Å². The van der Waals surface area contributed by atoms with Crippen molar-refractivity contribution >= 4 is 24.1 Å². The summed E-state index contributed by atoms with van der Waals surface area (Å²) in [6.45, 7) is 0.431. The number of carbonyl (C=O) groups is 1. The number of aliphatic imine (C=N–C) groups is 1. The molecule has 20 heavy (non-hydrogen) atoms. The van der Waals surface area contributed by atoms with Crippen LogP contribution in [0.1, 0.15) is 17.5 Å². The second-order valence-electron chi connectivity index (χ2n) is 5.28. The normalized spacial score (nSPS) is 23.8. The highest BCUT2D eigenvalue weighted by atomic mass is 35.5. The summed E-state index contributed by atoms with van der Waals surface area (Å²) >= 11 is 0. The Morgan fingerprint density at radius 1 is 1.45 bits per heavy atom. The monoisotopic (exact) mass is 295 g/mol. The Labute approximate surface area is 124 Å². The second kappa shape index (κ2) is 5.83. The van der Waals surface area contributed by atoms with Crippen molar-refractivity contribution in [2.24, 2.45) is 16.8 Å². The lowest BCUT2D eigenvalue weighted by atomic mass is 9.76. The van der Waals surface area contributed by atoms with Crippen LogP contribution in [0.3, 0.4) is 0 Å². The van der Waals surface area contributed by atoms with Crippen LogP contribution in [-0.4, -0.2) is 30.4 Å². The molecule has 1 aromatic carbocycles. The number of nitrogens with zero attached hydrogens (tertiary/aromatic N) is 1. The van der Waals surface area contributed by atoms with Gasteiger partial charge in [-0.25, -0.2) is 0 Å². The molecule has 1 N–H and O–H groups in total. The van der Waals surface area contributed by atoms with Gasteiger partial charge in [-0.2, -0.15) is 0 Å². The molecule has 1 aliphatic heterocycles. The predicted molar refractivity (Wildman–Crippen MR) is 79.2 cm³/mol. The van der Waals surface area contributed by atoms with Crippen LogP contribution in [0, 0.1) is 11.8 Å². The van der Waals surface area contributed by atoms with Crippen LogP contribution in [-0.2, 0) is 17.6 Å². The molecule has 0 spiro atoms. The third kappa shape index (κ3) is 2.52. The summed E-state index contributed by atoms with van der Waals surface area (Å²) in [4.78, 5) is 15.6. The molecule has 0 amide bonds. The summed E-state index contributed by atoms with van der Waals surface area (Å²) < 4.78 is 5.41. The van der Waals surface area contributed by atoms with E-state index in [4.69, 9.17) is 9.84 Å². The standard InChI is InChI=1S/C15H17NO3.ClH/c1-19-14-4-2-3-9-7-13-10(6-12(9)14)5-11(8-16-13)15(17)18;/h2-4,10-11H,5-8H2,1H3,(H,17,18);1H. The minimum Gasteiger partial charge on any atom is -0.496 e. The Kier molecular flexibility index (Phi) is 4.33. The van der Waals surface area contributed by atoms with Crippen molar-refractivity contribution in [1.82, 2.24) is 0 Å². The quantitative estimate of drug-likeness (QED) is 0.911. The van der Waals surface area contributed by atoms with Gasteiger partial charge in [0.2, 0.25) is 0 Å². The Bertz CT molecular complexity index is 556. The third-order valence-electron chi connectivity index (χ3n) is 4.18. The number of ether oxygens (including phenoxy) is 1. The smallest absolute Gasteiger partial charge is 0.308 e. The molecule has 2 aliphatic rings. The van der Waals surface area contributed by atoms with E-state index in [1.807, 2.05) is 12.1 Å². The summed E-state index contributed by atoms with van der Waals surface area (Å²) in [5, 5.41) is 9.13. The van der Waals surface area contributed by atoms with E-state index in [0.29, 0.717) is 13.0 Å². The van der Waals surface area contributed by atoms with Gasteiger partial charge in [-0.15, -0.1) is 12.4 Å². The summed E-state index contributed by atoms with van der Waals surface area (Å²) in [6.07, 6.45) is 2.39. The molecule has 0 saturated carbocycles. The number of carboxylic acids is 1. The number of aliphatic carboxylic acids is 1. The average Bonchev–Trinajstić information content (AvgIpc) is 2.43. The third-order valence-corrected chi connectivity index (χ3v) is 4.18. The summed E-state index contributed by atoms with van der Waals surface area (Å²) in [6, 6.07) is 6.08. The maximum absolute atomic E-state index is 11.1. The second-order valence-corrected chi connectivity index (χ2v) is 5.28. The number of hydrogen-bond acceptors (Lipinski definition) is 3. The Morgan fingerprint density at radius 2 is 2.25 bits per heavy atom. The minimum absolute atomic E-state index is 0. The maximum Gasteiger partial charge on any atom is 0.308 e. The first-order valence-corrected chi connectivity index (χ1v) is 6.59. The molecular weight excluding hydrogens is 278 g/mol. The van der Waals surface area contributed by atoms with E-state index in [1.54, 1.807) is 7.11 Å². The Balaban J connectivity index is 0.00000147. The van der Waals surface area contributed by atoms with Crippen LogP contribution >= 0.6 is 12.4 Å². The van der Waals surface area contributed by atoms with Gasteiger partial charge >= 0.3 is 5.97 Å². The zero-order chi connectivity index (χ0) is 13.4. The van der Waals surface area contributed by atoms with E-state index in [0.717, 1.165) is 18.6 Å². The molecule has 4 nitrogen and oxygen atoms in total. The number of fused-ring (bicyclic) bond motifs is 2. The van der Waals surface area contributed by atoms with E-state index in [-0.39, 0.29) is 24.2 Å². The molecule has 0 aromatic heterocycles. The number of carboxylic acid groups (broad SMARTS) is 1. The van der Waals surface area contributed by atoms with Crippen LogP contribution < -0.4 is 4.74 Å². The van der Waals surface area contributed by atoms with Gasteiger partial charge in [0.1, 0.15) is 5.75 Å². The SMILES string of the molecule is COc1cccc2c1CC1CC(C(=O)O)CN=C1C2.Cl. The van der Waals surface area contributed by atoms with Gasteiger partial charge in [0, 0.05) is 18.1 Å². The van der Waals surface area contributed by atoms with Gasteiger partial charge in [-0.05, 0) is 30.0 Å². The number of halogens is 1. The molecule has 108 valence electrons. The van der Waals surface area contributed by atoms with Crippen molar-refractivity contribution < 1.29 is 14.6 Å². The van der Waals surface area contributed by atoms with Gasteiger partial charge in [-0.1, -0.05) is 12.1 Å². The molecule has 1 aromatic rings. The fourth-order valence-corrected chi connectivity index (χ4v) is 3.13. The highest BCUT2D eigenvalue weighted by Gasteiger charge is 2.34. The summed E-state index contributed by atoms with van der Waals surface area (Å²) in [5.41, 5.74) is 3.65. The predicted octanol–water partition coefficient (Wildman–Crippen LogP) is 2.38. The van der Waals surface area contributed by atoms with Gasteiger partial charge in [0.05, 0.1) is 19.6 Å². The minimum atomic E-state index is -0.728. The fourth-order valence-electron chi connectivity index (χ4n) is 3.13. The fraction of sp³-hybridized carbons (Fsp3) is 0.467. The molecule has 1 heterocycles. The molecule has 1 aliphatic carbocycles. The van der Waals surface area contributed by atoms with E-state index in [1.165, 1.54) is 16.8 Å². The molecule has 0 radical (unpaired) electrons. The molecular formula is C15H18ClNO3. The van der Waals surface area contributed by atoms with E-state index >= 15 is 0 Å². The number of hydrogen-bond donors (Lipinski definition) is 1. The van der Waals surface area contributed by atoms with Crippen LogP contribution in [0.4, 0.5) is 0 Å². The molecule has 0 bridgehead atoms. The van der Waals surface area contributed by atoms with Crippen LogP contribution in [0.15, 0.2) is 23.2 Å². The number of methoxy groups -OCH3 is 1. The number of benzene rings is 1. The van der Waals surface area contributed by atoms with E-state index in [2.05, 4.69) is 11.1 Å². The van der Waals surface area contributed by atoms with Crippen LogP contribution in [0.5, 0.6) is 5.75 Å². The highest BCUT2D eigenvalue weighted by molar-refractivity contribution is 5.92. The lowest BCUT2D eigenvalue weighted by molar-refractivity contribution is -0.141. The topological polar surface area (TPSA) is 58.9 Å². The lowest BCUT2D eigenvalue weighted by Gasteiger charge is -2.32. The molecule has 5 heteroatoms. The zero-order valence-electron chi connectivity index (χ0n) is 11.3. The Hall–Kier alpha value is -1.55. The highest BCUT2D eigenvalue weighted by Crippen LogP contribution is 2.35. The van der Waals surface area contributed by atoms with Crippen molar-refractivity contribution in [3.63, 3.8) is 0 Å². The van der Waals surface area contributed by atoms with Crippen LogP contribution in [0.25, 0.3) is 0 Å². The lowest BCUT2D eigenvalue weighted by Crippen LogP contribution is -2.35.